The first-order chi connectivity index (χ1) is 20.3. The molecular weight excluding hydrogens is 597 g/mol. The van der Waals surface area contributed by atoms with Crippen molar-refractivity contribution in [3.05, 3.63) is 89.1 Å². The van der Waals surface area contributed by atoms with Crippen molar-refractivity contribution in [2.75, 3.05) is 30.4 Å². The van der Waals surface area contributed by atoms with Gasteiger partial charge in [0.15, 0.2) is 9.84 Å². The second-order valence-electron chi connectivity index (χ2n) is 10.0. The minimum Gasteiger partial charge on any atom is -0.394 e. The molecule has 1 fully saturated rings. The molecule has 0 bridgehead atoms. The number of rotatable bonds is 11. The van der Waals surface area contributed by atoms with E-state index in [1.54, 1.807) is 4.90 Å². The van der Waals surface area contributed by atoms with E-state index in [9.17, 15) is 40.3 Å². The van der Waals surface area contributed by atoms with Crippen LogP contribution in [0.1, 0.15) is 52.4 Å². The molecule has 4 rings (SSSR count). The molecule has 1 aromatic heterocycles. The molecule has 0 aliphatic carbocycles. The van der Waals surface area contributed by atoms with E-state index in [0.29, 0.717) is 23.4 Å². The molecule has 8 nitrogen and oxygen atoms in total. The van der Waals surface area contributed by atoms with E-state index in [0.717, 1.165) is 12.1 Å². The molecule has 2 N–H and O–H groups in total. The molecular formula is C29H30F5N3O5S. The maximum Gasteiger partial charge on any atom is 0.416 e. The summed E-state index contributed by atoms with van der Waals surface area (Å²) < 4.78 is 93.3. The second kappa shape index (κ2) is 13.3. The average Bonchev–Trinajstić information content (AvgIpc) is 3.43. The number of sulfone groups is 1. The summed E-state index contributed by atoms with van der Waals surface area (Å²) in [5.74, 6) is -0.546. The number of halogens is 5. The van der Waals surface area contributed by atoms with Gasteiger partial charge in [-0.25, -0.2) is 13.4 Å². The number of aliphatic hydroxyl groups is 1. The smallest absolute Gasteiger partial charge is 0.394 e. The first kappa shape index (κ1) is 32.3. The minimum absolute atomic E-state index is 0.0668. The molecule has 14 heteroatoms. The molecule has 2 heterocycles. The van der Waals surface area contributed by atoms with Crippen LogP contribution in [0.2, 0.25) is 0 Å². The lowest BCUT2D eigenvalue weighted by Gasteiger charge is -2.25. The number of benzene rings is 2. The van der Waals surface area contributed by atoms with Crippen molar-refractivity contribution in [1.29, 1.82) is 0 Å². The molecule has 43 heavy (non-hydrogen) atoms. The fourth-order valence-corrected chi connectivity index (χ4v) is 5.85. The number of anilines is 1. The molecule has 1 unspecified atom stereocenters. The van der Waals surface area contributed by atoms with Crippen LogP contribution in [0.25, 0.3) is 0 Å². The number of aliphatic hydroxyl groups excluding tert-OH is 1. The molecule has 3 atom stereocenters. The second-order valence-corrected chi connectivity index (χ2v) is 12.3. The number of aromatic nitrogens is 1. The number of hydrogen-bond acceptors (Lipinski definition) is 7. The highest BCUT2D eigenvalue weighted by Crippen LogP contribution is 2.36. The topological polar surface area (TPSA) is 109 Å². The summed E-state index contributed by atoms with van der Waals surface area (Å²) in [5.41, 5.74) is 0.461. The van der Waals surface area contributed by atoms with E-state index in [1.165, 1.54) is 61.7 Å². The first-order valence-electron chi connectivity index (χ1n) is 13.4. The third-order valence-electron chi connectivity index (χ3n) is 7.35. The number of ether oxygens (including phenoxy) is 1. The Morgan fingerprint density at radius 2 is 1.77 bits per heavy atom. The third kappa shape index (κ3) is 7.86. The largest absolute Gasteiger partial charge is 0.416 e. The Bertz CT molecular complexity index is 1480. The fraction of sp³-hybridized carbons (Fsp3) is 0.379. The lowest BCUT2D eigenvalue weighted by atomic mass is 9.95. The first-order valence-corrected chi connectivity index (χ1v) is 15.0. The van der Waals surface area contributed by atoms with Crippen LogP contribution in [-0.2, 0) is 20.8 Å². The van der Waals surface area contributed by atoms with Crippen LogP contribution in [0.4, 0.5) is 27.8 Å². The zero-order valence-corrected chi connectivity index (χ0v) is 23.8. The molecule has 1 aliphatic rings. The summed E-state index contributed by atoms with van der Waals surface area (Å²) in [4.78, 5) is 19.1. The highest BCUT2D eigenvalue weighted by Gasteiger charge is 2.36. The van der Waals surface area contributed by atoms with Crippen molar-refractivity contribution < 1.29 is 45.0 Å². The van der Waals surface area contributed by atoms with Crippen LogP contribution in [0.3, 0.4) is 0 Å². The number of nitrogens with zero attached hydrogens (tertiary/aromatic N) is 2. The van der Waals surface area contributed by atoms with Gasteiger partial charge in [-0.05, 0) is 53.9 Å². The van der Waals surface area contributed by atoms with Crippen molar-refractivity contribution >= 4 is 21.6 Å². The van der Waals surface area contributed by atoms with E-state index in [4.69, 9.17) is 0 Å². The van der Waals surface area contributed by atoms with Gasteiger partial charge in [-0.15, -0.1) is 0 Å². The number of alkyl halides is 5. The Morgan fingerprint density at radius 3 is 2.30 bits per heavy atom. The van der Waals surface area contributed by atoms with E-state index in [-0.39, 0.29) is 35.3 Å². The number of carbonyl (C=O) groups excluding carboxylic acids is 1. The molecule has 232 valence electrons. The van der Waals surface area contributed by atoms with Gasteiger partial charge >= 0.3 is 12.8 Å². The van der Waals surface area contributed by atoms with E-state index in [2.05, 4.69) is 15.0 Å². The highest BCUT2D eigenvalue weighted by atomic mass is 32.2. The normalized spacial score (nSPS) is 18.2. The molecule has 1 amide bonds. The predicted octanol–water partition coefficient (Wildman–Crippen LogP) is 4.96. The maximum absolute atomic E-state index is 13.0. The Balaban J connectivity index is 1.47. The Kier molecular flexibility index (Phi) is 10.0. The van der Waals surface area contributed by atoms with E-state index < -0.39 is 52.8 Å². The van der Waals surface area contributed by atoms with Crippen LogP contribution in [0.5, 0.6) is 0 Å². The van der Waals surface area contributed by atoms with Gasteiger partial charge in [0.2, 0.25) is 0 Å². The van der Waals surface area contributed by atoms with Crippen LogP contribution in [0.15, 0.2) is 71.8 Å². The van der Waals surface area contributed by atoms with Crippen LogP contribution >= 0.6 is 0 Å². The molecule has 2 aromatic carbocycles. The Hall–Kier alpha value is -3.62. The number of pyridine rings is 1. The van der Waals surface area contributed by atoms with Crippen molar-refractivity contribution in [2.45, 2.75) is 49.0 Å². The Morgan fingerprint density at radius 1 is 1.09 bits per heavy atom. The van der Waals surface area contributed by atoms with Crippen LogP contribution < -0.4 is 10.2 Å². The van der Waals surface area contributed by atoms with Gasteiger partial charge in [0.25, 0.3) is 5.91 Å². The maximum atomic E-state index is 13.0. The lowest BCUT2D eigenvalue weighted by molar-refractivity contribution is -0.137. The monoisotopic (exact) mass is 627 g/mol. The molecule has 1 aliphatic heterocycles. The van der Waals surface area contributed by atoms with Gasteiger partial charge in [0, 0.05) is 18.7 Å². The molecule has 1 saturated heterocycles. The summed E-state index contributed by atoms with van der Waals surface area (Å²) in [6, 6.07) is 12.1. The van der Waals surface area contributed by atoms with Gasteiger partial charge in [-0.3, -0.25) is 4.79 Å². The van der Waals surface area contributed by atoms with Crippen LogP contribution in [-0.4, -0.2) is 62.6 Å². The zero-order chi connectivity index (χ0) is 31.4. The molecule has 0 saturated carbocycles. The average molecular weight is 628 g/mol. The van der Waals surface area contributed by atoms with Crippen LogP contribution in [0, 0.1) is 0 Å². The summed E-state index contributed by atoms with van der Waals surface area (Å²) >= 11 is 0. The van der Waals surface area contributed by atoms with Gasteiger partial charge < -0.3 is 20.1 Å². The minimum atomic E-state index is -4.48. The van der Waals surface area contributed by atoms with Gasteiger partial charge in [-0.2, -0.15) is 22.0 Å². The predicted molar refractivity (Wildman–Crippen MR) is 148 cm³/mol. The lowest BCUT2D eigenvalue weighted by Crippen LogP contribution is -2.34. The fourth-order valence-electron chi connectivity index (χ4n) is 4.97. The zero-order valence-electron chi connectivity index (χ0n) is 23.0. The van der Waals surface area contributed by atoms with Crippen molar-refractivity contribution in [3.8, 4) is 0 Å². The molecule has 0 radical (unpaired) electrons. The summed E-state index contributed by atoms with van der Waals surface area (Å²) in [6.07, 6.45) is -2.86. The standard InChI is InChI=1S/C29H30F5N3O5S/c1-2-43(40,41)24-10-5-19(6-11-24)25(16-38)36-27(39)20-7-12-26(35-14-20)37-15-21(13-23(37)17-42-28(30)31)18-3-8-22(9-4-18)29(32,33)34/h3-12,14,21,23,25,28,38H,2,13,15-17H2,1H3,(H,36,39)/t21?,23-,25+/m1/s1. The third-order valence-corrected chi connectivity index (χ3v) is 9.10. The van der Waals surface area contributed by atoms with Crippen molar-refractivity contribution in [2.24, 2.45) is 0 Å². The summed E-state index contributed by atoms with van der Waals surface area (Å²) in [6.45, 7) is -2.00. The summed E-state index contributed by atoms with van der Waals surface area (Å²) in [7, 11) is -3.41. The van der Waals surface area contributed by atoms with E-state index >= 15 is 0 Å². The highest BCUT2D eigenvalue weighted by molar-refractivity contribution is 7.91. The van der Waals surface area contributed by atoms with Gasteiger partial charge in [0.05, 0.1) is 47.1 Å². The number of nitrogens with one attached hydrogen (secondary N) is 1. The number of hydrogen-bond donors (Lipinski definition) is 2. The van der Waals surface area contributed by atoms with Gasteiger partial charge in [0.1, 0.15) is 5.82 Å². The molecule has 0 spiro atoms. The quantitative estimate of drug-likeness (QED) is 0.290. The SMILES string of the molecule is CCS(=O)(=O)c1ccc([C@H](CO)NC(=O)c2ccc(N3CC(c4ccc(C(F)(F)F)cc4)C[C@@H]3COC(F)F)nc2)cc1. The van der Waals surface area contributed by atoms with Gasteiger partial charge in [-0.1, -0.05) is 31.2 Å². The molecule has 3 aromatic rings. The van der Waals surface area contributed by atoms with Crippen molar-refractivity contribution in [3.63, 3.8) is 0 Å². The number of carbonyl (C=O) groups is 1. The Labute approximate surface area is 245 Å². The number of amides is 1. The van der Waals surface area contributed by atoms with E-state index in [1.807, 2.05) is 0 Å². The summed E-state index contributed by atoms with van der Waals surface area (Å²) in [5, 5.41) is 12.5. The van der Waals surface area contributed by atoms with Crippen molar-refractivity contribution in [1.82, 2.24) is 10.3 Å².